The number of methoxy groups -OCH3 is 1. The molecule has 0 radical (unpaired) electrons. The Morgan fingerprint density at radius 2 is 2.21 bits per heavy atom. The van der Waals surface area contributed by atoms with E-state index in [1.807, 2.05) is 18.2 Å². The SMILES string of the molecule is COc1ccc(Cl)cc1CN(C)C1CCCNCC1. The van der Waals surface area contributed by atoms with Crippen LogP contribution in [0.3, 0.4) is 0 Å². The Bertz CT molecular complexity index is 403. The van der Waals surface area contributed by atoms with Crippen molar-refractivity contribution in [1.29, 1.82) is 0 Å². The van der Waals surface area contributed by atoms with E-state index in [9.17, 15) is 0 Å². The van der Waals surface area contributed by atoms with Crippen LogP contribution in [0.1, 0.15) is 24.8 Å². The maximum absolute atomic E-state index is 6.09. The van der Waals surface area contributed by atoms with Crippen LogP contribution in [0.25, 0.3) is 0 Å². The number of rotatable bonds is 4. The number of nitrogens with one attached hydrogen (secondary N) is 1. The summed E-state index contributed by atoms with van der Waals surface area (Å²) in [5.74, 6) is 0.919. The van der Waals surface area contributed by atoms with Crippen LogP contribution in [0.4, 0.5) is 0 Å². The lowest BCUT2D eigenvalue weighted by Gasteiger charge is -2.27. The Morgan fingerprint density at radius 3 is 3.00 bits per heavy atom. The van der Waals surface area contributed by atoms with Gasteiger partial charge < -0.3 is 10.1 Å². The number of ether oxygens (including phenoxy) is 1. The molecule has 1 aromatic carbocycles. The quantitative estimate of drug-likeness (QED) is 0.919. The van der Waals surface area contributed by atoms with Gasteiger partial charge in [0.2, 0.25) is 0 Å². The highest BCUT2D eigenvalue weighted by atomic mass is 35.5. The van der Waals surface area contributed by atoms with Crippen LogP contribution in [0.5, 0.6) is 5.75 Å². The van der Waals surface area contributed by atoms with E-state index in [4.69, 9.17) is 16.3 Å². The zero-order valence-corrected chi connectivity index (χ0v) is 12.5. The normalized spacial score (nSPS) is 20.3. The summed E-state index contributed by atoms with van der Waals surface area (Å²) in [6.07, 6.45) is 3.72. The Hall–Kier alpha value is -0.770. The molecule has 1 fully saturated rings. The van der Waals surface area contributed by atoms with Gasteiger partial charge in [-0.05, 0) is 57.6 Å². The molecule has 0 bridgehead atoms. The third-order valence-electron chi connectivity index (χ3n) is 3.83. The average molecular weight is 283 g/mol. The summed E-state index contributed by atoms with van der Waals surface area (Å²) in [6.45, 7) is 3.14. The molecular formula is C15H23ClN2O. The van der Waals surface area contributed by atoms with Crippen molar-refractivity contribution in [1.82, 2.24) is 10.2 Å². The van der Waals surface area contributed by atoms with Crippen LogP contribution >= 0.6 is 11.6 Å². The van der Waals surface area contributed by atoms with Crippen molar-refractivity contribution in [3.05, 3.63) is 28.8 Å². The average Bonchev–Trinajstić information content (AvgIpc) is 2.68. The topological polar surface area (TPSA) is 24.5 Å². The first-order chi connectivity index (χ1) is 9.20. The molecule has 0 aliphatic carbocycles. The van der Waals surface area contributed by atoms with Crippen molar-refractivity contribution in [3.8, 4) is 5.75 Å². The Morgan fingerprint density at radius 1 is 1.37 bits per heavy atom. The van der Waals surface area contributed by atoms with Crippen molar-refractivity contribution < 1.29 is 4.74 Å². The van der Waals surface area contributed by atoms with Crippen molar-refractivity contribution in [3.63, 3.8) is 0 Å². The Kier molecular flexibility index (Phi) is 5.49. The molecule has 1 N–H and O–H groups in total. The third-order valence-corrected chi connectivity index (χ3v) is 4.07. The zero-order valence-electron chi connectivity index (χ0n) is 11.8. The lowest BCUT2D eigenvalue weighted by Crippen LogP contribution is -2.32. The number of hydrogen-bond donors (Lipinski definition) is 1. The summed E-state index contributed by atoms with van der Waals surface area (Å²) >= 11 is 6.09. The molecule has 19 heavy (non-hydrogen) atoms. The summed E-state index contributed by atoms with van der Waals surface area (Å²) in [5.41, 5.74) is 1.16. The first kappa shape index (κ1) is 14.6. The van der Waals surface area contributed by atoms with Crippen LogP contribution in [0.2, 0.25) is 5.02 Å². The van der Waals surface area contributed by atoms with E-state index in [1.54, 1.807) is 7.11 Å². The van der Waals surface area contributed by atoms with Crippen LogP contribution in [-0.2, 0) is 6.54 Å². The maximum atomic E-state index is 6.09. The molecule has 0 aromatic heterocycles. The predicted molar refractivity (Wildman–Crippen MR) is 80.0 cm³/mol. The molecular weight excluding hydrogens is 260 g/mol. The van der Waals surface area contributed by atoms with Gasteiger partial charge in [0.1, 0.15) is 5.75 Å². The highest BCUT2D eigenvalue weighted by Crippen LogP contribution is 2.25. The molecule has 3 nitrogen and oxygen atoms in total. The predicted octanol–water partition coefficient (Wildman–Crippen LogP) is 2.92. The minimum Gasteiger partial charge on any atom is -0.496 e. The van der Waals surface area contributed by atoms with Crippen molar-refractivity contribution in [2.24, 2.45) is 0 Å². The van der Waals surface area contributed by atoms with E-state index in [2.05, 4.69) is 17.3 Å². The van der Waals surface area contributed by atoms with E-state index in [0.29, 0.717) is 6.04 Å². The second-order valence-corrected chi connectivity index (χ2v) is 5.64. The van der Waals surface area contributed by atoms with Gasteiger partial charge in [-0.25, -0.2) is 0 Å². The molecule has 0 saturated carbocycles. The molecule has 1 heterocycles. The molecule has 4 heteroatoms. The van der Waals surface area contributed by atoms with Gasteiger partial charge in [0.15, 0.2) is 0 Å². The lowest BCUT2D eigenvalue weighted by molar-refractivity contribution is 0.214. The van der Waals surface area contributed by atoms with Crippen LogP contribution in [0, 0.1) is 0 Å². The van der Waals surface area contributed by atoms with Crippen molar-refractivity contribution in [2.45, 2.75) is 31.8 Å². The molecule has 106 valence electrons. The molecule has 2 rings (SSSR count). The van der Waals surface area contributed by atoms with Gasteiger partial charge >= 0.3 is 0 Å². The van der Waals surface area contributed by atoms with Crippen LogP contribution < -0.4 is 10.1 Å². The molecule has 0 spiro atoms. The number of nitrogens with zero attached hydrogens (tertiary/aromatic N) is 1. The molecule has 1 aliphatic heterocycles. The molecule has 1 saturated heterocycles. The summed E-state index contributed by atoms with van der Waals surface area (Å²) in [4.78, 5) is 2.42. The highest BCUT2D eigenvalue weighted by molar-refractivity contribution is 6.30. The summed E-state index contributed by atoms with van der Waals surface area (Å²) in [5, 5.41) is 4.23. The van der Waals surface area contributed by atoms with E-state index < -0.39 is 0 Å². The minimum absolute atomic E-state index is 0.638. The number of halogens is 1. The third kappa shape index (κ3) is 4.10. The van der Waals surface area contributed by atoms with Gasteiger partial charge in [-0.15, -0.1) is 0 Å². The van der Waals surface area contributed by atoms with Crippen molar-refractivity contribution in [2.75, 3.05) is 27.2 Å². The van der Waals surface area contributed by atoms with E-state index in [-0.39, 0.29) is 0 Å². The standard InChI is InChI=1S/C15H23ClN2O/c1-18(14-4-3-8-17-9-7-14)11-12-10-13(16)5-6-15(12)19-2/h5-6,10,14,17H,3-4,7-9,11H2,1-2H3. The smallest absolute Gasteiger partial charge is 0.123 e. The van der Waals surface area contributed by atoms with Gasteiger partial charge in [-0.1, -0.05) is 11.6 Å². The second-order valence-electron chi connectivity index (χ2n) is 5.21. The van der Waals surface area contributed by atoms with E-state index in [1.165, 1.54) is 19.3 Å². The largest absolute Gasteiger partial charge is 0.496 e. The Balaban J connectivity index is 2.04. The van der Waals surface area contributed by atoms with Gasteiger partial charge in [-0.3, -0.25) is 4.90 Å². The molecule has 1 aliphatic rings. The summed E-state index contributed by atoms with van der Waals surface area (Å²) in [7, 11) is 3.90. The fraction of sp³-hybridized carbons (Fsp3) is 0.600. The van der Waals surface area contributed by atoms with E-state index >= 15 is 0 Å². The van der Waals surface area contributed by atoms with Crippen molar-refractivity contribution >= 4 is 11.6 Å². The van der Waals surface area contributed by atoms with Gasteiger partial charge in [0.05, 0.1) is 7.11 Å². The van der Waals surface area contributed by atoms with E-state index in [0.717, 1.165) is 36.0 Å². The molecule has 1 aromatic rings. The zero-order chi connectivity index (χ0) is 13.7. The van der Waals surface area contributed by atoms with Gasteiger partial charge in [0, 0.05) is 23.2 Å². The van der Waals surface area contributed by atoms with Gasteiger partial charge in [0.25, 0.3) is 0 Å². The minimum atomic E-state index is 0.638. The first-order valence-corrected chi connectivity index (χ1v) is 7.32. The molecule has 1 unspecified atom stereocenters. The monoisotopic (exact) mass is 282 g/mol. The molecule has 0 amide bonds. The maximum Gasteiger partial charge on any atom is 0.123 e. The number of benzene rings is 1. The molecule has 1 atom stereocenters. The Labute approximate surface area is 120 Å². The lowest BCUT2D eigenvalue weighted by atomic mass is 10.1. The number of hydrogen-bond acceptors (Lipinski definition) is 3. The van der Waals surface area contributed by atoms with Gasteiger partial charge in [-0.2, -0.15) is 0 Å². The van der Waals surface area contributed by atoms with Crippen LogP contribution in [-0.4, -0.2) is 38.2 Å². The fourth-order valence-electron chi connectivity index (χ4n) is 2.71. The summed E-state index contributed by atoms with van der Waals surface area (Å²) < 4.78 is 5.42. The second kappa shape index (κ2) is 7.13. The highest BCUT2D eigenvalue weighted by Gasteiger charge is 2.18. The first-order valence-electron chi connectivity index (χ1n) is 6.94. The summed E-state index contributed by atoms with van der Waals surface area (Å²) in [6, 6.07) is 6.46. The fourth-order valence-corrected chi connectivity index (χ4v) is 2.90. The van der Waals surface area contributed by atoms with Crippen LogP contribution in [0.15, 0.2) is 18.2 Å².